The molecule has 2 heterocycles. The first-order valence-corrected chi connectivity index (χ1v) is 10.1. The molecular formula is C20H11Cl2N3O4S. The second kappa shape index (κ2) is 8.27. The number of carbonyl (C=O) groups excluding carboxylic acids is 1. The van der Waals surface area contributed by atoms with Crippen LogP contribution in [-0.2, 0) is 0 Å². The molecule has 0 saturated heterocycles. The van der Waals surface area contributed by atoms with Crippen molar-refractivity contribution in [1.82, 2.24) is 5.43 Å². The zero-order chi connectivity index (χ0) is 21.3. The molecule has 150 valence electrons. The summed E-state index contributed by atoms with van der Waals surface area (Å²) in [5.41, 5.74) is 2.69. The van der Waals surface area contributed by atoms with E-state index >= 15 is 0 Å². The first kappa shape index (κ1) is 20.1. The Morgan fingerprint density at radius 3 is 2.73 bits per heavy atom. The second-order valence-electron chi connectivity index (χ2n) is 6.06. The Kier molecular flexibility index (Phi) is 5.54. The van der Waals surface area contributed by atoms with Crippen LogP contribution in [0.2, 0.25) is 10.0 Å². The van der Waals surface area contributed by atoms with Gasteiger partial charge in [-0.25, -0.2) is 5.43 Å². The first-order valence-electron chi connectivity index (χ1n) is 8.48. The molecule has 0 unspecified atom stereocenters. The Hall–Kier alpha value is -3.20. The maximum absolute atomic E-state index is 12.4. The summed E-state index contributed by atoms with van der Waals surface area (Å²) in [5, 5.41) is 16.4. The summed E-state index contributed by atoms with van der Waals surface area (Å²) >= 11 is 13.7. The van der Waals surface area contributed by atoms with E-state index in [0.717, 1.165) is 10.1 Å². The van der Waals surface area contributed by atoms with Crippen molar-refractivity contribution in [3.8, 4) is 11.3 Å². The standard InChI is InChI=1S/C20H11Cl2N3O4S/c21-15-7-5-11(25(27)28)9-14(15)16-8-6-12(29-16)10-23-24-20(26)19-18(22)13-3-1-2-4-17(13)30-19/h1-10H,(H,24,26). The molecular weight excluding hydrogens is 449 g/mol. The molecule has 4 rings (SSSR count). The van der Waals surface area contributed by atoms with Gasteiger partial charge < -0.3 is 4.42 Å². The molecule has 30 heavy (non-hydrogen) atoms. The number of carbonyl (C=O) groups is 1. The first-order chi connectivity index (χ1) is 14.4. The van der Waals surface area contributed by atoms with Crippen molar-refractivity contribution in [3.63, 3.8) is 0 Å². The van der Waals surface area contributed by atoms with E-state index in [-0.39, 0.29) is 5.69 Å². The lowest BCUT2D eigenvalue weighted by atomic mass is 10.1. The van der Waals surface area contributed by atoms with Crippen molar-refractivity contribution in [1.29, 1.82) is 0 Å². The third-order valence-electron chi connectivity index (χ3n) is 4.15. The molecule has 0 spiro atoms. The molecule has 0 atom stereocenters. The van der Waals surface area contributed by atoms with Crippen LogP contribution in [0.15, 0.2) is 64.1 Å². The molecule has 7 nitrogen and oxygen atoms in total. The van der Waals surface area contributed by atoms with Crippen LogP contribution >= 0.6 is 34.5 Å². The van der Waals surface area contributed by atoms with Crippen LogP contribution in [0.4, 0.5) is 5.69 Å². The number of non-ortho nitro benzene ring substituents is 1. The maximum Gasteiger partial charge on any atom is 0.283 e. The van der Waals surface area contributed by atoms with Gasteiger partial charge in [0.2, 0.25) is 0 Å². The number of nitrogens with one attached hydrogen (secondary N) is 1. The van der Waals surface area contributed by atoms with Crippen LogP contribution < -0.4 is 5.43 Å². The highest BCUT2D eigenvalue weighted by atomic mass is 35.5. The molecule has 0 aliphatic rings. The number of amides is 1. The molecule has 10 heteroatoms. The fraction of sp³-hybridized carbons (Fsp3) is 0. The molecule has 2 aromatic heterocycles. The zero-order valence-corrected chi connectivity index (χ0v) is 17.3. The molecule has 2 aromatic carbocycles. The van der Waals surface area contributed by atoms with Gasteiger partial charge in [0.1, 0.15) is 16.4 Å². The average molecular weight is 460 g/mol. The van der Waals surface area contributed by atoms with E-state index in [1.807, 2.05) is 24.3 Å². The zero-order valence-electron chi connectivity index (χ0n) is 15.0. The van der Waals surface area contributed by atoms with Crippen LogP contribution in [0.3, 0.4) is 0 Å². The van der Waals surface area contributed by atoms with Gasteiger partial charge in [-0.05, 0) is 24.3 Å². The van der Waals surface area contributed by atoms with Crippen molar-refractivity contribution < 1.29 is 14.1 Å². The number of hydrogen-bond donors (Lipinski definition) is 1. The Bertz CT molecular complexity index is 1310. The molecule has 1 amide bonds. The molecule has 0 saturated carbocycles. The lowest BCUT2D eigenvalue weighted by molar-refractivity contribution is -0.384. The quantitative estimate of drug-likeness (QED) is 0.220. The number of rotatable bonds is 5. The number of benzene rings is 2. The van der Waals surface area contributed by atoms with E-state index in [1.54, 1.807) is 12.1 Å². The normalized spacial score (nSPS) is 11.3. The van der Waals surface area contributed by atoms with Crippen molar-refractivity contribution in [3.05, 3.63) is 85.4 Å². The molecule has 0 fully saturated rings. The summed E-state index contributed by atoms with van der Waals surface area (Å²) in [5.74, 6) is 0.227. The van der Waals surface area contributed by atoms with Gasteiger partial charge in [0.15, 0.2) is 0 Å². The summed E-state index contributed by atoms with van der Waals surface area (Å²) in [6, 6.07) is 14.7. The minimum absolute atomic E-state index is 0.103. The predicted molar refractivity (Wildman–Crippen MR) is 118 cm³/mol. The van der Waals surface area contributed by atoms with E-state index in [4.69, 9.17) is 27.6 Å². The summed E-state index contributed by atoms with van der Waals surface area (Å²) < 4.78 is 6.52. The third-order valence-corrected chi connectivity index (χ3v) is 6.16. The number of thiophene rings is 1. The van der Waals surface area contributed by atoms with E-state index < -0.39 is 10.8 Å². The SMILES string of the molecule is O=C(NN=Cc1ccc(-c2cc([N+](=O)[O-])ccc2Cl)o1)c1sc2ccccc2c1Cl. The summed E-state index contributed by atoms with van der Waals surface area (Å²) in [6.45, 7) is 0. The monoisotopic (exact) mass is 459 g/mol. The van der Waals surface area contributed by atoms with Gasteiger partial charge in [0, 0.05) is 27.8 Å². The lowest BCUT2D eigenvalue weighted by Gasteiger charge is -2.00. The number of furan rings is 1. The Labute approximate surface area is 183 Å². The fourth-order valence-corrected chi connectivity index (χ4v) is 4.37. The Balaban J connectivity index is 1.50. The third kappa shape index (κ3) is 3.93. The van der Waals surface area contributed by atoms with E-state index in [1.165, 1.54) is 35.8 Å². The van der Waals surface area contributed by atoms with Gasteiger partial charge in [-0.15, -0.1) is 11.3 Å². The summed E-state index contributed by atoms with van der Waals surface area (Å²) in [6.07, 6.45) is 1.31. The highest BCUT2D eigenvalue weighted by molar-refractivity contribution is 7.21. The van der Waals surface area contributed by atoms with Gasteiger partial charge in [-0.1, -0.05) is 41.4 Å². The largest absolute Gasteiger partial charge is 0.455 e. The molecule has 0 radical (unpaired) electrons. The van der Waals surface area contributed by atoms with Crippen LogP contribution in [0.5, 0.6) is 0 Å². The van der Waals surface area contributed by atoms with Crippen LogP contribution in [0.1, 0.15) is 15.4 Å². The van der Waals surface area contributed by atoms with Gasteiger partial charge in [-0.2, -0.15) is 5.10 Å². The van der Waals surface area contributed by atoms with Crippen molar-refractivity contribution >= 4 is 62.4 Å². The van der Waals surface area contributed by atoms with Crippen molar-refractivity contribution in [2.24, 2.45) is 5.10 Å². The summed E-state index contributed by atoms with van der Waals surface area (Å²) in [7, 11) is 0. The minimum Gasteiger partial charge on any atom is -0.455 e. The molecule has 0 aliphatic heterocycles. The van der Waals surface area contributed by atoms with Gasteiger partial charge in [-0.3, -0.25) is 14.9 Å². The Morgan fingerprint density at radius 2 is 1.97 bits per heavy atom. The fourth-order valence-electron chi connectivity index (χ4n) is 2.75. The van der Waals surface area contributed by atoms with Crippen LogP contribution in [0, 0.1) is 10.1 Å². The number of halogens is 2. The number of nitro benzene ring substituents is 1. The van der Waals surface area contributed by atoms with Crippen molar-refractivity contribution in [2.75, 3.05) is 0 Å². The molecule has 0 aliphatic carbocycles. The highest BCUT2D eigenvalue weighted by Crippen LogP contribution is 2.35. The van der Waals surface area contributed by atoms with Crippen LogP contribution in [0.25, 0.3) is 21.4 Å². The van der Waals surface area contributed by atoms with Gasteiger partial charge in [0.25, 0.3) is 11.6 Å². The maximum atomic E-state index is 12.4. The topological polar surface area (TPSA) is 97.7 Å². The highest BCUT2D eigenvalue weighted by Gasteiger charge is 2.17. The number of fused-ring (bicyclic) bond motifs is 1. The predicted octanol–water partition coefficient (Wildman–Crippen LogP) is 6.14. The summed E-state index contributed by atoms with van der Waals surface area (Å²) in [4.78, 5) is 23.2. The van der Waals surface area contributed by atoms with E-state index in [9.17, 15) is 14.9 Å². The average Bonchev–Trinajstić information content (AvgIpc) is 3.33. The van der Waals surface area contributed by atoms with E-state index in [0.29, 0.717) is 32.0 Å². The molecule has 0 bridgehead atoms. The molecule has 4 aromatic rings. The van der Waals surface area contributed by atoms with Crippen molar-refractivity contribution in [2.45, 2.75) is 0 Å². The number of nitro groups is 1. The number of nitrogens with zero attached hydrogens (tertiary/aromatic N) is 2. The van der Waals surface area contributed by atoms with Gasteiger partial charge >= 0.3 is 0 Å². The second-order valence-corrected chi connectivity index (χ2v) is 7.90. The lowest BCUT2D eigenvalue weighted by Crippen LogP contribution is -2.16. The van der Waals surface area contributed by atoms with Gasteiger partial charge in [0.05, 0.1) is 21.2 Å². The number of hydrazone groups is 1. The van der Waals surface area contributed by atoms with Crippen LogP contribution in [-0.4, -0.2) is 17.0 Å². The van der Waals surface area contributed by atoms with E-state index in [2.05, 4.69) is 10.5 Å². The molecule has 1 N–H and O–H groups in total. The minimum atomic E-state index is -0.514. The smallest absolute Gasteiger partial charge is 0.283 e. The Morgan fingerprint density at radius 1 is 1.17 bits per heavy atom. The number of hydrogen-bond acceptors (Lipinski definition) is 6.